The molecule has 1 saturated carbocycles. The molecule has 3 aliphatic rings. The van der Waals surface area contributed by atoms with Crippen LogP contribution in [0.25, 0.3) is 0 Å². The number of methoxy groups -OCH3 is 1. The Kier molecular flexibility index (Phi) is 4.89. The number of hydrazine groups is 1. The van der Waals surface area contributed by atoms with E-state index < -0.39 is 29.3 Å². The Labute approximate surface area is 168 Å². The topological polar surface area (TPSA) is 108 Å². The van der Waals surface area contributed by atoms with E-state index >= 15 is 0 Å². The van der Waals surface area contributed by atoms with Crippen molar-refractivity contribution in [2.75, 3.05) is 18.6 Å². The van der Waals surface area contributed by atoms with E-state index in [-0.39, 0.29) is 18.9 Å². The van der Waals surface area contributed by atoms with Gasteiger partial charge in [-0.25, -0.2) is 4.79 Å². The van der Waals surface area contributed by atoms with Crippen LogP contribution in [0.15, 0.2) is 24.3 Å². The number of urea groups is 1. The lowest BCUT2D eigenvalue weighted by molar-refractivity contribution is -0.141. The highest BCUT2D eigenvalue weighted by atomic mass is 16.5. The van der Waals surface area contributed by atoms with Crippen molar-refractivity contribution in [2.45, 2.75) is 44.1 Å². The number of para-hydroxylation sites is 2. The third-order valence-electron chi connectivity index (χ3n) is 5.96. The average Bonchev–Trinajstić information content (AvgIpc) is 3.22. The molecule has 1 aromatic rings. The highest BCUT2D eigenvalue weighted by molar-refractivity contribution is 6.08. The maximum Gasteiger partial charge on any atom is 0.344 e. The Morgan fingerprint density at radius 1 is 1.17 bits per heavy atom. The summed E-state index contributed by atoms with van der Waals surface area (Å²) >= 11 is 0. The molecule has 1 aliphatic carbocycles. The summed E-state index contributed by atoms with van der Waals surface area (Å²) in [5.41, 5.74) is 2.12. The standard InChI is InChI=1S/C20H24N4O5/c1-29-15-8-4-3-7-14(15)23-12-13(11-16(23)25)17(26)22-24-18(27)20(21-19(24)28)9-5-2-6-10-20/h3-4,7-8,13H,2,5-6,9-12H2,1H3,(H,21,28)(H,22,26). The van der Waals surface area contributed by atoms with Crippen LogP contribution < -0.4 is 20.4 Å². The van der Waals surface area contributed by atoms with Gasteiger partial charge in [0.15, 0.2) is 0 Å². The quantitative estimate of drug-likeness (QED) is 0.742. The lowest BCUT2D eigenvalue weighted by Gasteiger charge is -2.30. The summed E-state index contributed by atoms with van der Waals surface area (Å²) in [6.45, 7) is 0.153. The SMILES string of the molecule is COc1ccccc1N1CC(C(=O)NN2C(=O)NC3(CCCCC3)C2=O)CC1=O. The van der Waals surface area contributed by atoms with Crippen LogP contribution in [0.3, 0.4) is 0 Å². The van der Waals surface area contributed by atoms with Crippen molar-refractivity contribution >= 4 is 29.4 Å². The molecular formula is C20H24N4O5. The molecule has 0 radical (unpaired) electrons. The minimum atomic E-state index is -0.905. The summed E-state index contributed by atoms with van der Waals surface area (Å²) in [7, 11) is 1.52. The molecule has 9 heteroatoms. The number of amides is 5. The molecule has 1 unspecified atom stereocenters. The van der Waals surface area contributed by atoms with Gasteiger partial charge in [-0.2, -0.15) is 5.01 Å². The van der Waals surface area contributed by atoms with E-state index in [9.17, 15) is 19.2 Å². The predicted octanol–water partition coefficient (Wildman–Crippen LogP) is 1.33. The lowest BCUT2D eigenvalue weighted by Crippen LogP contribution is -2.52. The van der Waals surface area contributed by atoms with Crippen LogP contribution >= 0.6 is 0 Å². The molecule has 29 heavy (non-hydrogen) atoms. The zero-order valence-corrected chi connectivity index (χ0v) is 16.3. The van der Waals surface area contributed by atoms with Crippen LogP contribution in [0.5, 0.6) is 5.75 Å². The van der Waals surface area contributed by atoms with Crippen molar-refractivity contribution in [3.63, 3.8) is 0 Å². The first-order chi connectivity index (χ1) is 13.9. The fraction of sp³-hybridized carbons (Fsp3) is 0.500. The van der Waals surface area contributed by atoms with Gasteiger partial charge in [-0.1, -0.05) is 31.4 Å². The van der Waals surface area contributed by atoms with Crippen molar-refractivity contribution in [1.82, 2.24) is 15.8 Å². The number of carbonyl (C=O) groups excluding carboxylic acids is 4. The second-order valence-electron chi connectivity index (χ2n) is 7.77. The summed E-state index contributed by atoms with van der Waals surface area (Å²) in [4.78, 5) is 51.9. The van der Waals surface area contributed by atoms with Gasteiger partial charge in [-0.05, 0) is 25.0 Å². The number of ether oxygens (including phenoxy) is 1. The van der Waals surface area contributed by atoms with Crippen molar-refractivity contribution in [2.24, 2.45) is 5.92 Å². The van der Waals surface area contributed by atoms with Gasteiger partial charge in [0.2, 0.25) is 11.8 Å². The minimum Gasteiger partial charge on any atom is -0.495 e. The number of nitrogens with zero attached hydrogens (tertiary/aromatic N) is 2. The van der Waals surface area contributed by atoms with Gasteiger partial charge in [0.1, 0.15) is 11.3 Å². The normalized spacial score (nSPS) is 23.5. The summed E-state index contributed by atoms with van der Waals surface area (Å²) < 4.78 is 5.30. The van der Waals surface area contributed by atoms with E-state index in [0.717, 1.165) is 24.3 Å². The molecule has 5 amide bonds. The number of hydrogen-bond donors (Lipinski definition) is 2. The number of benzene rings is 1. The molecular weight excluding hydrogens is 376 g/mol. The predicted molar refractivity (Wildman–Crippen MR) is 103 cm³/mol. The highest BCUT2D eigenvalue weighted by Gasteiger charge is 2.52. The van der Waals surface area contributed by atoms with E-state index in [2.05, 4.69) is 10.7 Å². The first kappa shape index (κ1) is 19.2. The van der Waals surface area contributed by atoms with Crippen molar-refractivity contribution in [3.8, 4) is 5.75 Å². The van der Waals surface area contributed by atoms with Crippen LogP contribution in [0.2, 0.25) is 0 Å². The molecule has 2 N–H and O–H groups in total. The zero-order chi connectivity index (χ0) is 20.6. The van der Waals surface area contributed by atoms with Crippen LogP contribution in [-0.4, -0.2) is 48.0 Å². The molecule has 1 aromatic carbocycles. The van der Waals surface area contributed by atoms with E-state index in [4.69, 9.17) is 4.74 Å². The average molecular weight is 400 g/mol. The molecule has 9 nitrogen and oxygen atoms in total. The molecule has 154 valence electrons. The minimum absolute atomic E-state index is 0.00132. The summed E-state index contributed by atoms with van der Waals surface area (Å²) in [6.07, 6.45) is 3.90. The van der Waals surface area contributed by atoms with Crippen LogP contribution in [0.4, 0.5) is 10.5 Å². The molecule has 4 rings (SSSR count). The van der Waals surface area contributed by atoms with Crippen LogP contribution in [0.1, 0.15) is 38.5 Å². The summed E-state index contributed by atoms with van der Waals surface area (Å²) in [5, 5.41) is 3.53. The Hall–Kier alpha value is -3.10. The number of nitrogens with one attached hydrogen (secondary N) is 2. The van der Waals surface area contributed by atoms with Crippen molar-refractivity contribution < 1.29 is 23.9 Å². The van der Waals surface area contributed by atoms with Gasteiger partial charge in [0, 0.05) is 13.0 Å². The smallest absolute Gasteiger partial charge is 0.344 e. The molecule has 0 bridgehead atoms. The Morgan fingerprint density at radius 2 is 1.90 bits per heavy atom. The fourth-order valence-corrected chi connectivity index (χ4v) is 4.39. The summed E-state index contributed by atoms with van der Waals surface area (Å²) in [5.74, 6) is -1.28. The maximum atomic E-state index is 12.8. The van der Waals surface area contributed by atoms with E-state index in [0.29, 0.717) is 24.3 Å². The van der Waals surface area contributed by atoms with Crippen molar-refractivity contribution in [3.05, 3.63) is 24.3 Å². The molecule has 0 aromatic heterocycles. The van der Waals surface area contributed by atoms with Gasteiger partial charge in [0.25, 0.3) is 5.91 Å². The third kappa shape index (κ3) is 3.30. The van der Waals surface area contributed by atoms with Crippen molar-refractivity contribution in [1.29, 1.82) is 0 Å². The lowest BCUT2D eigenvalue weighted by atomic mass is 9.82. The third-order valence-corrected chi connectivity index (χ3v) is 5.96. The number of carbonyl (C=O) groups is 4. The van der Waals surface area contributed by atoms with Crippen LogP contribution in [-0.2, 0) is 14.4 Å². The van der Waals surface area contributed by atoms with E-state index in [1.165, 1.54) is 12.0 Å². The number of imide groups is 1. The fourth-order valence-electron chi connectivity index (χ4n) is 4.39. The number of anilines is 1. The Morgan fingerprint density at radius 3 is 2.62 bits per heavy atom. The van der Waals surface area contributed by atoms with Gasteiger partial charge in [-0.3, -0.25) is 19.8 Å². The molecule has 2 heterocycles. The Balaban J connectivity index is 1.45. The van der Waals surface area contributed by atoms with Gasteiger partial charge in [0.05, 0.1) is 18.7 Å². The Bertz CT molecular complexity index is 864. The largest absolute Gasteiger partial charge is 0.495 e. The van der Waals surface area contributed by atoms with E-state index in [1.54, 1.807) is 24.3 Å². The van der Waals surface area contributed by atoms with Gasteiger partial charge >= 0.3 is 6.03 Å². The number of hydrogen-bond acceptors (Lipinski definition) is 5. The number of rotatable bonds is 4. The monoisotopic (exact) mass is 400 g/mol. The van der Waals surface area contributed by atoms with Gasteiger partial charge in [-0.15, -0.1) is 0 Å². The van der Waals surface area contributed by atoms with Crippen LogP contribution in [0, 0.1) is 5.92 Å². The molecule has 2 aliphatic heterocycles. The highest BCUT2D eigenvalue weighted by Crippen LogP contribution is 2.34. The summed E-state index contributed by atoms with van der Waals surface area (Å²) in [6, 6.07) is 6.46. The zero-order valence-electron chi connectivity index (χ0n) is 16.3. The molecule has 2 saturated heterocycles. The molecule has 3 fully saturated rings. The maximum absolute atomic E-state index is 12.8. The second-order valence-corrected chi connectivity index (χ2v) is 7.77. The second kappa shape index (κ2) is 7.38. The first-order valence-corrected chi connectivity index (χ1v) is 9.86. The first-order valence-electron chi connectivity index (χ1n) is 9.86. The van der Waals surface area contributed by atoms with E-state index in [1.807, 2.05) is 0 Å². The van der Waals surface area contributed by atoms with Gasteiger partial charge < -0.3 is 15.0 Å². The molecule has 1 spiro atoms. The molecule has 1 atom stereocenters.